The number of nitrogens with zero attached hydrogens (tertiary/aromatic N) is 1. The molecule has 0 aromatic heterocycles. The molecule has 1 saturated heterocycles. The zero-order valence-corrected chi connectivity index (χ0v) is 17.4. The Balaban J connectivity index is 3.08. The summed E-state index contributed by atoms with van der Waals surface area (Å²) in [5, 5.41) is 0.381. The summed E-state index contributed by atoms with van der Waals surface area (Å²) in [6.45, 7) is 13.5. The predicted molar refractivity (Wildman–Crippen MR) is 99.6 cm³/mol. The van der Waals surface area contributed by atoms with Gasteiger partial charge in [-0.1, -0.05) is 13.8 Å². The van der Waals surface area contributed by atoms with E-state index in [0.717, 1.165) is 0 Å². The van der Waals surface area contributed by atoms with Crippen molar-refractivity contribution < 1.29 is 23.8 Å². The van der Waals surface area contributed by atoms with Gasteiger partial charge in [-0.2, -0.15) is 11.8 Å². The van der Waals surface area contributed by atoms with Crippen LogP contribution >= 0.6 is 11.8 Å². The number of ether oxygens (including phenoxy) is 3. The van der Waals surface area contributed by atoms with E-state index in [1.54, 1.807) is 22.7 Å². The number of esters is 1. The highest BCUT2D eigenvalue weighted by atomic mass is 32.2. The van der Waals surface area contributed by atoms with Crippen LogP contribution in [0.5, 0.6) is 0 Å². The molecule has 1 heterocycles. The molecule has 0 radical (unpaired) electrons. The molecule has 1 rings (SSSR count). The summed E-state index contributed by atoms with van der Waals surface area (Å²) in [5.41, 5.74) is -0.889. The fourth-order valence-corrected chi connectivity index (χ4v) is 3.14. The van der Waals surface area contributed by atoms with E-state index in [1.807, 2.05) is 34.6 Å². The molecule has 25 heavy (non-hydrogen) atoms. The summed E-state index contributed by atoms with van der Waals surface area (Å²) >= 11 is 1.64. The minimum atomic E-state index is -0.810. The summed E-state index contributed by atoms with van der Waals surface area (Å²) in [6, 6.07) is -0.383. The highest BCUT2D eigenvalue weighted by molar-refractivity contribution is 8.00. The standard InChI is InChI=1S/C18H31NO5S/c1-12(2)25-11-13(15(20)22-8)9-14-10-23-18(6,7)19(14)16(21)24-17(3,4)5/h9,12,14H,10-11H2,1-8H3/b13-9+/t14-/m0/s1. The maximum Gasteiger partial charge on any atom is 0.413 e. The molecule has 1 amide bonds. The number of methoxy groups -OCH3 is 1. The number of hydrogen-bond donors (Lipinski definition) is 0. The van der Waals surface area contributed by atoms with E-state index in [0.29, 0.717) is 23.2 Å². The molecule has 0 saturated carbocycles. The first kappa shape index (κ1) is 21.8. The van der Waals surface area contributed by atoms with E-state index < -0.39 is 17.4 Å². The van der Waals surface area contributed by atoms with Crippen LogP contribution in [0.15, 0.2) is 11.6 Å². The quantitative estimate of drug-likeness (QED) is 0.542. The first-order valence-corrected chi connectivity index (χ1v) is 9.49. The average Bonchev–Trinajstić information content (AvgIpc) is 2.75. The maximum atomic E-state index is 12.6. The molecular weight excluding hydrogens is 342 g/mol. The Hall–Kier alpha value is -1.21. The van der Waals surface area contributed by atoms with Crippen LogP contribution in [0.1, 0.15) is 48.5 Å². The largest absolute Gasteiger partial charge is 0.466 e. The third-order valence-electron chi connectivity index (χ3n) is 3.52. The van der Waals surface area contributed by atoms with Gasteiger partial charge in [-0.05, 0) is 45.9 Å². The van der Waals surface area contributed by atoms with E-state index in [4.69, 9.17) is 14.2 Å². The number of amides is 1. The summed E-state index contributed by atoms with van der Waals surface area (Å²) in [7, 11) is 1.36. The predicted octanol–water partition coefficient (Wildman–Crippen LogP) is 3.60. The summed E-state index contributed by atoms with van der Waals surface area (Å²) in [6.07, 6.45) is 1.30. The molecule has 0 aromatic carbocycles. The van der Waals surface area contributed by atoms with Crippen LogP contribution in [0.4, 0.5) is 4.79 Å². The Morgan fingerprint density at radius 2 is 1.96 bits per heavy atom. The van der Waals surface area contributed by atoms with E-state index in [1.165, 1.54) is 7.11 Å². The Morgan fingerprint density at radius 1 is 1.36 bits per heavy atom. The molecule has 0 spiro atoms. The lowest BCUT2D eigenvalue weighted by Crippen LogP contribution is -2.49. The second-order valence-corrected chi connectivity index (χ2v) is 9.28. The van der Waals surface area contributed by atoms with Crippen molar-refractivity contribution in [3.8, 4) is 0 Å². The SMILES string of the molecule is COC(=O)/C(=C/[C@H]1COC(C)(C)N1C(=O)OC(C)(C)C)CSC(C)C. The molecule has 6 nitrogen and oxygen atoms in total. The fourth-order valence-electron chi connectivity index (χ4n) is 2.42. The maximum absolute atomic E-state index is 12.6. The molecule has 0 bridgehead atoms. The van der Waals surface area contributed by atoms with Crippen molar-refractivity contribution in [3.05, 3.63) is 11.6 Å². The minimum Gasteiger partial charge on any atom is -0.466 e. The molecule has 1 aliphatic heterocycles. The Kier molecular flexibility index (Phi) is 7.38. The van der Waals surface area contributed by atoms with Gasteiger partial charge >= 0.3 is 12.1 Å². The summed E-state index contributed by atoms with van der Waals surface area (Å²) < 4.78 is 16.2. The normalized spacial score (nSPS) is 20.8. The molecule has 1 atom stereocenters. The second-order valence-electron chi connectivity index (χ2n) is 7.72. The minimum absolute atomic E-state index is 0.305. The van der Waals surface area contributed by atoms with Crippen molar-refractivity contribution in [2.45, 2.75) is 71.1 Å². The van der Waals surface area contributed by atoms with Gasteiger partial charge in [-0.3, -0.25) is 4.90 Å². The Morgan fingerprint density at radius 3 is 2.44 bits per heavy atom. The van der Waals surface area contributed by atoms with Gasteiger partial charge in [-0.15, -0.1) is 0 Å². The van der Waals surface area contributed by atoms with Gasteiger partial charge in [0, 0.05) is 11.3 Å². The molecule has 0 aliphatic carbocycles. The van der Waals surface area contributed by atoms with E-state index in [-0.39, 0.29) is 12.0 Å². The van der Waals surface area contributed by atoms with Gasteiger partial charge in [-0.25, -0.2) is 9.59 Å². The van der Waals surface area contributed by atoms with Gasteiger partial charge in [0.2, 0.25) is 0 Å². The number of rotatable bonds is 5. The number of carbonyl (C=O) groups excluding carboxylic acids is 2. The van der Waals surface area contributed by atoms with E-state index in [2.05, 4.69) is 13.8 Å². The van der Waals surface area contributed by atoms with Crippen LogP contribution in [-0.4, -0.2) is 59.0 Å². The Labute approximate surface area is 155 Å². The van der Waals surface area contributed by atoms with Crippen molar-refractivity contribution in [1.29, 1.82) is 0 Å². The Bertz CT molecular complexity index is 522. The number of thioether (sulfide) groups is 1. The van der Waals surface area contributed by atoms with Gasteiger partial charge in [0.15, 0.2) is 0 Å². The topological polar surface area (TPSA) is 65.1 Å². The fraction of sp³-hybridized carbons (Fsp3) is 0.778. The lowest BCUT2D eigenvalue weighted by molar-refractivity contribution is -0.136. The number of carbonyl (C=O) groups is 2. The zero-order chi connectivity index (χ0) is 19.4. The summed E-state index contributed by atoms with van der Waals surface area (Å²) in [5.74, 6) is 0.130. The van der Waals surface area contributed by atoms with Gasteiger partial charge in [0.1, 0.15) is 11.3 Å². The molecule has 0 N–H and O–H groups in total. The third kappa shape index (κ3) is 6.55. The highest BCUT2D eigenvalue weighted by Crippen LogP contribution is 2.31. The van der Waals surface area contributed by atoms with Crippen LogP contribution in [0.25, 0.3) is 0 Å². The van der Waals surface area contributed by atoms with Crippen molar-refractivity contribution >= 4 is 23.8 Å². The lowest BCUT2D eigenvalue weighted by Gasteiger charge is -2.34. The van der Waals surface area contributed by atoms with Crippen LogP contribution < -0.4 is 0 Å². The number of hydrogen-bond acceptors (Lipinski definition) is 6. The van der Waals surface area contributed by atoms with Crippen LogP contribution in [0, 0.1) is 0 Å². The van der Waals surface area contributed by atoms with Crippen molar-refractivity contribution in [2.24, 2.45) is 0 Å². The van der Waals surface area contributed by atoms with Crippen molar-refractivity contribution in [3.63, 3.8) is 0 Å². The third-order valence-corrected chi connectivity index (χ3v) is 4.67. The molecule has 7 heteroatoms. The van der Waals surface area contributed by atoms with Crippen LogP contribution in [0.3, 0.4) is 0 Å². The molecule has 1 fully saturated rings. The smallest absolute Gasteiger partial charge is 0.413 e. The van der Waals surface area contributed by atoms with E-state index in [9.17, 15) is 9.59 Å². The zero-order valence-electron chi connectivity index (χ0n) is 16.5. The first-order chi connectivity index (χ1) is 11.4. The molecular formula is C18H31NO5S. The molecule has 0 unspecified atom stereocenters. The van der Waals surface area contributed by atoms with Gasteiger partial charge in [0.25, 0.3) is 0 Å². The average molecular weight is 374 g/mol. The summed E-state index contributed by atoms with van der Waals surface area (Å²) in [4.78, 5) is 26.3. The van der Waals surface area contributed by atoms with E-state index >= 15 is 0 Å². The lowest BCUT2D eigenvalue weighted by atomic mass is 10.1. The highest BCUT2D eigenvalue weighted by Gasteiger charge is 2.45. The van der Waals surface area contributed by atoms with Crippen LogP contribution in [-0.2, 0) is 19.0 Å². The second kappa shape index (κ2) is 8.45. The van der Waals surface area contributed by atoms with Gasteiger partial charge in [0.05, 0.1) is 19.8 Å². The molecule has 0 aromatic rings. The van der Waals surface area contributed by atoms with Crippen LogP contribution in [0.2, 0.25) is 0 Å². The first-order valence-electron chi connectivity index (χ1n) is 8.44. The van der Waals surface area contributed by atoms with Gasteiger partial charge < -0.3 is 14.2 Å². The van der Waals surface area contributed by atoms with Crippen molar-refractivity contribution in [2.75, 3.05) is 19.5 Å². The molecule has 144 valence electrons. The van der Waals surface area contributed by atoms with Crippen molar-refractivity contribution in [1.82, 2.24) is 4.90 Å². The monoisotopic (exact) mass is 373 g/mol. The molecule has 1 aliphatic rings.